The average Bonchev–Trinajstić information content (AvgIpc) is 2.85. The predicted molar refractivity (Wildman–Crippen MR) is 77.8 cm³/mol. The molecule has 100 valence electrons. The Morgan fingerprint density at radius 1 is 1.32 bits per heavy atom. The van der Waals surface area contributed by atoms with Gasteiger partial charge in [0.15, 0.2) is 5.13 Å². The molecule has 0 aliphatic carbocycles. The monoisotopic (exact) mass is 276 g/mol. The SMILES string of the molecule is CCOC(=O)c1sc(N(C)C)nc1-c1ccccc1. The van der Waals surface area contributed by atoms with Crippen molar-refractivity contribution in [3.63, 3.8) is 0 Å². The molecular weight excluding hydrogens is 260 g/mol. The molecule has 0 amide bonds. The van der Waals surface area contributed by atoms with E-state index >= 15 is 0 Å². The van der Waals surface area contributed by atoms with Crippen molar-refractivity contribution < 1.29 is 9.53 Å². The zero-order valence-corrected chi connectivity index (χ0v) is 12.0. The van der Waals surface area contributed by atoms with Gasteiger partial charge in [0.2, 0.25) is 0 Å². The third-order valence-electron chi connectivity index (χ3n) is 2.51. The predicted octanol–water partition coefficient (Wildman–Crippen LogP) is 3.05. The number of carbonyl (C=O) groups is 1. The Labute approximate surface area is 116 Å². The molecule has 0 saturated carbocycles. The van der Waals surface area contributed by atoms with Gasteiger partial charge in [0.1, 0.15) is 4.88 Å². The number of esters is 1. The van der Waals surface area contributed by atoms with Crippen LogP contribution in [0.15, 0.2) is 30.3 Å². The zero-order valence-electron chi connectivity index (χ0n) is 11.2. The second-order valence-electron chi connectivity index (χ2n) is 4.16. The molecule has 1 aromatic carbocycles. The number of hydrogen-bond donors (Lipinski definition) is 0. The van der Waals surface area contributed by atoms with E-state index in [4.69, 9.17) is 4.74 Å². The number of benzene rings is 1. The Hall–Kier alpha value is -1.88. The molecule has 0 aliphatic heterocycles. The summed E-state index contributed by atoms with van der Waals surface area (Å²) in [5, 5.41) is 0.793. The van der Waals surface area contributed by atoms with Gasteiger partial charge in [0.25, 0.3) is 0 Å². The van der Waals surface area contributed by atoms with Crippen molar-refractivity contribution >= 4 is 22.4 Å². The van der Waals surface area contributed by atoms with Gasteiger partial charge in [-0.3, -0.25) is 0 Å². The Bertz CT molecular complexity index is 564. The molecule has 0 fully saturated rings. The zero-order chi connectivity index (χ0) is 13.8. The van der Waals surface area contributed by atoms with Gasteiger partial charge in [-0.05, 0) is 6.92 Å². The summed E-state index contributed by atoms with van der Waals surface area (Å²) < 4.78 is 5.10. The normalized spacial score (nSPS) is 10.3. The van der Waals surface area contributed by atoms with E-state index in [-0.39, 0.29) is 5.97 Å². The van der Waals surface area contributed by atoms with E-state index in [2.05, 4.69) is 4.98 Å². The van der Waals surface area contributed by atoms with Crippen LogP contribution in [0.3, 0.4) is 0 Å². The molecule has 0 bridgehead atoms. The lowest BCUT2D eigenvalue weighted by Crippen LogP contribution is -2.07. The minimum absolute atomic E-state index is 0.313. The number of nitrogens with zero attached hydrogens (tertiary/aromatic N) is 2. The molecule has 1 heterocycles. The average molecular weight is 276 g/mol. The topological polar surface area (TPSA) is 42.4 Å². The second kappa shape index (κ2) is 5.84. The summed E-state index contributed by atoms with van der Waals surface area (Å²) in [7, 11) is 3.81. The molecule has 0 atom stereocenters. The van der Waals surface area contributed by atoms with E-state index in [9.17, 15) is 4.79 Å². The van der Waals surface area contributed by atoms with Gasteiger partial charge < -0.3 is 9.64 Å². The first-order valence-corrected chi connectivity index (χ1v) is 6.85. The van der Waals surface area contributed by atoms with Crippen molar-refractivity contribution in [3.8, 4) is 11.3 Å². The standard InChI is InChI=1S/C14H16N2O2S/c1-4-18-13(17)12-11(10-8-6-5-7-9-10)15-14(19-12)16(2)3/h5-9H,4H2,1-3H3. The lowest BCUT2D eigenvalue weighted by Gasteiger charge is -2.05. The van der Waals surface area contributed by atoms with Crippen LogP contribution in [0.5, 0.6) is 0 Å². The fourth-order valence-corrected chi connectivity index (χ4v) is 2.53. The number of thiazole rings is 1. The van der Waals surface area contributed by atoms with E-state index in [1.165, 1.54) is 11.3 Å². The second-order valence-corrected chi connectivity index (χ2v) is 5.13. The smallest absolute Gasteiger partial charge is 0.350 e. The molecule has 1 aromatic heterocycles. The Morgan fingerprint density at radius 2 is 2.00 bits per heavy atom. The van der Waals surface area contributed by atoms with Gasteiger partial charge in [-0.1, -0.05) is 41.7 Å². The lowest BCUT2D eigenvalue weighted by molar-refractivity contribution is 0.0532. The maximum atomic E-state index is 12.0. The van der Waals surface area contributed by atoms with Crippen molar-refractivity contribution in [2.75, 3.05) is 25.6 Å². The minimum Gasteiger partial charge on any atom is -0.462 e. The molecule has 5 heteroatoms. The Morgan fingerprint density at radius 3 is 2.58 bits per heavy atom. The van der Waals surface area contributed by atoms with Gasteiger partial charge in [-0.15, -0.1) is 0 Å². The van der Waals surface area contributed by atoms with Gasteiger partial charge in [-0.25, -0.2) is 9.78 Å². The minimum atomic E-state index is -0.313. The highest BCUT2D eigenvalue weighted by atomic mass is 32.1. The summed E-state index contributed by atoms with van der Waals surface area (Å²) in [5.41, 5.74) is 1.61. The van der Waals surface area contributed by atoms with E-state index in [1.54, 1.807) is 6.92 Å². The maximum Gasteiger partial charge on any atom is 0.350 e. The van der Waals surface area contributed by atoms with Crippen LogP contribution in [-0.2, 0) is 4.74 Å². The van der Waals surface area contributed by atoms with Crippen molar-refractivity contribution in [1.29, 1.82) is 0 Å². The van der Waals surface area contributed by atoms with Crippen LogP contribution < -0.4 is 4.90 Å². The summed E-state index contributed by atoms with van der Waals surface area (Å²) in [4.78, 5) is 19.0. The van der Waals surface area contributed by atoms with Crippen LogP contribution in [0.4, 0.5) is 5.13 Å². The van der Waals surface area contributed by atoms with Crippen molar-refractivity contribution in [3.05, 3.63) is 35.2 Å². The molecule has 0 aliphatic rings. The van der Waals surface area contributed by atoms with Gasteiger partial charge >= 0.3 is 5.97 Å². The number of aromatic nitrogens is 1. The van der Waals surface area contributed by atoms with E-state index in [0.717, 1.165) is 10.7 Å². The number of carbonyl (C=O) groups excluding carboxylic acids is 1. The summed E-state index contributed by atoms with van der Waals surface area (Å²) >= 11 is 1.35. The van der Waals surface area contributed by atoms with E-state index < -0.39 is 0 Å². The fourth-order valence-electron chi connectivity index (χ4n) is 1.63. The third-order valence-corrected chi connectivity index (χ3v) is 3.71. The highest BCUT2D eigenvalue weighted by Gasteiger charge is 2.21. The molecule has 0 saturated heterocycles. The van der Waals surface area contributed by atoms with Crippen LogP contribution in [0.25, 0.3) is 11.3 Å². The molecule has 19 heavy (non-hydrogen) atoms. The highest BCUT2D eigenvalue weighted by Crippen LogP contribution is 2.32. The molecular formula is C14H16N2O2S. The molecule has 0 N–H and O–H groups in total. The summed E-state index contributed by atoms with van der Waals surface area (Å²) in [5.74, 6) is -0.313. The largest absolute Gasteiger partial charge is 0.462 e. The first kappa shape index (κ1) is 13.5. The van der Waals surface area contributed by atoms with Crippen molar-refractivity contribution in [2.45, 2.75) is 6.92 Å². The van der Waals surface area contributed by atoms with Crippen molar-refractivity contribution in [2.24, 2.45) is 0 Å². The summed E-state index contributed by atoms with van der Waals surface area (Å²) in [6.07, 6.45) is 0. The first-order valence-electron chi connectivity index (χ1n) is 6.04. The van der Waals surface area contributed by atoms with Crippen LogP contribution in [0.1, 0.15) is 16.6 Å². The van der Waals surface area contributed by atoms with Crippen LogP contribution in [-0.4, -0.2) is 31.7 Å². The third kappa shape index (κ3) is 2.93. The van der Waals surface area contributed by atoms with Crippen LogP contribution in [0, 0.1) is 0 Å². The molecule has 2 aromatic rings. The Kier molecular flexibility index (Phi) is 4.16. The molecule has 2 rings (SSSR count). The highest BCUT2D eigenvalue weighted by molar-refractivity contribution is 7.17. The number of hydrogen-bond acceptors (Lipinski definition) is 5. The van der Waals surface area contributed by atoms with Gasteiger partial charge in [-0.2, -0.15) is 0 Å². The first-order chi connectivity index (χ1) is 9.13. The van der Waals surface area contributed by atoms with Crippen LogP contribution >= 0.6 is 11.3 Å². The summed E-state index contributed by atoms with van der Waals surface area (Å²) in [6, 6.07) is 9.68. The van der Waals surface area contributed by atoms with Gasteiger partial charge in [0, 0.05) is 19.7 Å². The maximum absolute atomic E-state index is 12.0. The molecule has 4 nitrogen and oxygen atoms in total. The van der Waals surface area contributed by atoms with Gasteiger partial charge in [0.05, 0.1) is 12.3 Å². The number of rotatable bonds is 4. The quantitative estimate of drug-likeness (QED) is 0.805. The Balaban J connectivity index is 2.49. The fraction of sp³-hybridized carbons (Fsp3) is 0.286. The van der Waals surface area contributed by atoms with Crippen LogP contribution in [0.2, 0.25) is 0 Å². The molecule has 0 radical (unpaired) electrons. The molecule has 0 unspecified atom stereocenters. The van der Waals surface area contributed by atoms with E-state index in [1.807, 2.05) is 49.3 Å². The molecule has 0 spiro atoms. The lowest BCUT2D eigenvalue weighted by atomic mass is 10.1. The number of ether oxygens (including phenoxy) is 1. The summed E-state index contributed by atoms with van der Waals surface area (Å²) in [6.45, 7) is 2.16. The van der Waals surface area contributed by atoms with Crippen molar-refractivity contribution in [1.82, 2.24) is 4.98 Å². The van der Waals surface area contributed by atoms with E-state index in [0.29, 0.717) is 17.2 Å². The number of anilines is 1.